The lowest BCUT2D eigenvalue weighted by atomic mass is 9.84. The van der Waals surface area contributed by atoms with Crippen LogP contribution >= 0.6 is 0 Å². The van der Waals surface area contributed by atoms with Crippen molar-refractivity contribution in [3.63, 3.8) is 0 Å². The zero-order chi connectivity index (χ0) is 41.1. The second kappa shape index (κ2) is 15.4. The first-order valence-electron chi connectivity index (χ1n) is 21.0. The van der Waals surface area contributed by atoms with E-state index in [-0.39, 0.29) is 53.2 Å². The summed E-state index contributed by atoms with van der Waals surface area (Å²) in [6.45, 7) is 16.2. The first kappa shape index (κ1) is 40.6. The van der Waals surface area contributed by atoms with Crippen molar-refractivity contribution < 1.29 is 32.9 Å². The van der Waals surface area contributed by atoms with Crippen LogP contribution in [0.15, 0.2) is 30.5 Å². The second-order valence-electron chi connectivity index (χ2n) is 18.6. The van der Waals surface area contributed by atoms with Crippen molar-refractivity contribution in [3.8, 4) is 23.0 Å². The minimum Gasteiger partial charge on any atom is -0.468 e. The molecule has 4 aromatic rings. The summed E-state index contributed by atoms with van der Waals surface area (Å²) in [6, 6.07) is 6.68. The number of piperidine rings is 1. The lowest BCUT2D eigenvalue weighted by molar-refractivity contribution is -0.0222. The van der Waals surface area contributed by atoms with Crippen molar-refractivity contribution in [3.05, 3.63) is 53.4 Å². The quantitative estimate of drug-likeness (QED) is 0.140. The highest BCUT2D eigenvalue weighted by molar-refractivity contribution is 6.01. The molecule has 58 heavy (non-hydrogen) atoms. The average Bonchev–Trinajstić information content (AvgIpc) is 3.82. The van der Waals surface area contributed by atoms with Gasteiger partial charge in [-0.05, 0) is 139 Å². The van der Waals surface area contributed by atoms with Crippen LogP contribution in [0.5, 0.6) is 11.8 Å². The monoisotopic (exact) mass is 800 g/mol. The Morgan fingerprint density at radius 1 is 1.02 bits per heavy atom. The van der Waals surface area contributed by atoms with E-state index >= 15 is 8.78 Å². The maximum atomic E-state index is 17.5. The van der Waals surface area contributed by atoms with E-state index in [1.165, 1.54) is 13.2 Å². The number of aryl methyl sites for hydroxylation is 1. The first-order chi connectivity index (χ1) is 27.6. The molecular formula is C45H58F2N6O5. The minimum absolute atomic E-state index is 0.0139. The fourth-order valence-electron chi connectivity index (χ4n) is 10.9. The highest BCUT2D eigenvalue weighted by Crippen LogP contribution is 2.46. The summed E-state index contributed by atoms with van der Waals surface area (Å²) in [5, 5.41) is 12.1. The smallest absolute Gasteiger partial charge is 0.408 e. The third-order valence-electron chi connectivity index (χ3n) is 13.6. The third kappa shape index (κ3) is 7.25. The summed E-state index contributed by atoms with van der Waals surface area (Å²) in [7, 11) is 1.53. The Labute approximate surface area is 340 Å². The average molecular weight is 801 g/mol. The SMILES string of the molecule is CCc1c(F)ccc2cc(OCOC)cc(-c3ncc4c(CC(C)(C)N5C[C@H]6CC[C@@H](C5)[C@@H]6N(C(=O)O)C(C)(C)C)nc(OCC56CCCN5CCC6)nc4c3F)c12. The molecule has 1 saturated carbocycles. The number of fused-ring (bicyclic) bond motifs is 5. The van der Waals surface area contributed by atoms with E-state index in [0.29, 0.717) is 58.2 Å². The van der Waals surface area contributed by atoms with Crippen molar-refractivity contribution in [2.45, 2.75) is 116 Å². The molecule has 1 aliphatic carbocycles. The van der Waals surface area contributed by atoms with Crippen LogP contribution < -0.4 is 9.47 Å². The van der Waals surface area contributed by atoms with Gasteiger partial charge in [0, 0.05) is 60.9 Å². The lowest BCUT2D eigenvalue weighted by Crippen LogP contribution is -2.62. The summed E-state index contributed by atoms with van der Waals surface area (Å²) in [6.07, 6.45) is 7.89. The molecule has 0 radical (unpaired) electrons. The minimum atomic E-state index is -0.868. The van der Waals surface area contributed by atoms with Crippen molar-refractivity contribution in [1.29, 1.82) is 0 Å². The fraction of sp³-hybridized carbons (Fsp3) is 0.600. The number of halogens is 2. The molecule has 4 aliphatic rings. The van der Waals surface area contributed by atoms with E-state index in [4.69, 9.17) is 29.2 Å². The van der Waals surface area contributed by atoms with Gasteiger partial charge in [-0.1, -0.05) is 13.0 Å². The van der Waals surface area contributed by atoms with E-state index in [9.17, 15) is 9.90 Å². The maximum absolute atomic E-state index is 17.5. The van der Waals surface area contributed by atoms with Gasteiger partial charge in [0.25, 0.3) is 0 Å². The topological polar surface area (TPSA) is 113 Å². The van der Waals surface area contributed by atoms with Gasteiger partial charge in [0.1, 0.15) is 29.4 Å². The molecule has 2 bridgehead atoms. The third-order valence-corrected chi connectivity index (χ3v) is 13.6. The number of hydrogen-bond donors (Lipinski definition) is 1. The standard InChI is InChI=1S/C45H58F2N6O5/c1-8-31-34(46)14-13-27-19-30(58-26-56-7)20-32(36(27)31)38-37(47)39-33(22-48-38)35(49-41(50-39)57-25-45-15-9-17-51(45)18-10-16-45)21-44(5,6)52-23-28-11-12-29(24-52)40(28)53(42(54)55)43(2,3)4/h13-14,19-20,22,28-29,40H,8-12,15-18,21,23-26H2,1-7H3,(H,54,55)/t28-,29+,40-. The van der Waals surface area contributed by atoms with Gasteiger partial charge >= 0.3 is 12.1 Å². The van der Waals surface area contributed by atoms with Crippen LogP contribution in [-0.2, 0) is 17.6 Å². The highest BCUT2D eigenvalue weighted by atomic mass is 19.1. The predicted molar refractivity (Wildman–Crippen MR) is 219 cm³/mol. The number of aromatic nitrogens is 3. The van der Waals surface area contributed by atoms with Crippen LogP contribution in [0.2, 0.25) is 0 Å². The summed E-state index contributed by atoms with van der Waals surface area (Å²) < 4.78 is 50.3. The molecule has 3 atom stereocenters. The molecule has 312 valence electrons. The van der Waals surface area contributed by atoms with E-state index in [1.807, 2.05) is 27.7 Å². The summed E-state index contributed by atoms with van der Waals surface area (Å²) >= 11 is 0. The van der Waals surface area contributed by atoms with Crippen LogP contribution in [0.3, 0.4) is 0 Å². The lowest BCUT2D eigenvalue weighted by Gasteiger charge is -2.51. The maximum Gasteiger partial charge on any atom is 0.408 e. The Morgan fingerprint density at radius 2 is 1.72 bits per heavy atom. The van der Waals surface area contributed by atoms with Crippen molar-refractivity contribution in [2.24, 2.45) is 11.8 Å². The molecule has 2 aromatic carbocycles. The van der Waals surface area contributed by atoms with Crippen LogP contribution in [0, 0.1) is 23.5 Å². The molecule has 0 spiro atoms. The van der Waals surface area contributed by atoms with Crippen molar-refractivity contribution in [2.75, 3.05) is 46.7 Å². The molecule has 0 unspecified atom stereocenters. The Kier molecular flexibility index (Phi) is 10.8. The molecule has 5 heterocycles. The number of nitrogens with zero attached hydrogens (tertiary/aromatic N) is 6. The number of hydrogen-bond acceptors (Lipinski definition) is 9. The number of ether oxygens (including phenoxy) is 3. The van der Waals surface area contributed by atoms with Crippen molar-refractivity contribution in [1.82, 2.24) is 29.7 Å². The summed E-state index contributed by atoms with van der Waals surface area (Å²) in [4.78, 5) is 33.8. The zero-order valence-electron chi connectivity index (χ0n) is 35.0. The molecular weight excluding hydrogens is 743 g/mol. The van der Waals surface area contributed by atoms with Gasteiger partial charge in [-0.15, -0.1) is 0 Å². The molecule has 11 nitrogen and oxygen atoms in total. The van der Waals surface area contributed by atoms with Gasteiger partial charge in [-0.3, -0.25) is 19.7 Å². The number of rotatable bonds is 12. The highest BCUT2D eigenvalue weighted by Gasteiger charge is 2.51. The van der Waals surface area contributed by atoms with Crippen LogP contribution in [0.1, 0.15) is 91.3 Å². The van der Waals surface area contributed by atoms with Crippen LogP contribution in [0.4, 0.5) is 13.6 Å². The van der Waals surface area contributed by atoms with Gasteiger partial charge in [0.2, 0.25) is 0 Å². The molecule has 4 fully saturated rings. The zero-order valence-corrected chi connectivity index (χ0v) is 35.0. The van der Waals surface area contributed by atoms with Gasteiger partial charge in [-0.2, -0.15) is 9.97 Å². The largest absolute Gasteiger partial charge is 0.468 e. The Bertz CT molecular complexity index is 2190. The van der Waals surface area contributed by atoms with E-state index in [1.54, 1.807) is 29.3 Å². The molecule has 13 heteroatoms. The Balaban J connectivity index is 1.20. The summed E-state index contributed by atoms with van der Waals surface area (Å²) in [5.41, 5.74) is 0.621. The van der Waals surface area contributed by atoms with Gasteiger partial charge in [0.05, 0.1) is 11.2 Å². The predicted octanol–water partition coefficient (Wildman–Crippen LogP) is 8.49. The second-order valence-corrected chi connectivity index (χ2v) is 18.6. The van der Waals surface area contributed by atoms with Crippen LogP contribution in [-0.4, -0.2) is 110 Å². The van der Waals surface area contributed by atoms with E-state index < -0.39 is 23.0 Å². The number of likely N-dealkylation sites (tertiary alicyclic amines) is 1. The van der Waals surface area contributed by atoms with Crippen LogP contribution in [0.25, 0.3) is 32.9 Å². The number of carboxylic acid groups (broad SMARTS) is 1. The molecule has 3 aliphatic heterocycles. The molecule has 2 aromatic heterocycles. The number of amides is 1. The summed E-state index contributed by atoms with van der Waals surface area (Å²) in [5.74, 6) is -0.169. The van der Waals surface area contributed by atoms with Gasteiger partial charge in [-0.25, -0.2) is 13.6 Å². The van der Waals surface area contributed by atoms with E-state index in [0.717, 1.165) is 64.7 Å². The molecule has 8 rings (SSSR count). The number of carbonyl (C=O) groups is 1. The van der Waals surface area contributed by atoms with E-state index in [2.05, 4.69) is 23.6 Å². The first-order valence-corrected chi connectivity index (χ1v) is 21.0. The molecule has 1 N–H and O–H groups in total. The molecule has 1 amide bonds. The number of benzene rings is 2. The Morgan fingerprint density at radius 3 is 2.36 bits per heavy atom. The normalized spacial score (nSPS) is 22.2. The fourth-order valence-corrected chi connectivity index (χ4v) is 10.9. The number of methoxy groups -OCH3 is 1. The van der Waals surface area contributed by atoms with Gasteiger partial charge in [0.15, 0.2) is 12.6 Å². The number of pyridine rings is 1. The van der Waals surface area contributed by atoms with Crippen molar-refractivity contribution >= 4 is 27.8 Å². The Hall–Kier alpha value is -4.20. The van der Waals surface area contributed by atoms with Gasteiger partial charge < -0.3 is 19.3 Å². The molecule has 3 saturated heterocycles.